The minimum Gasteiger partial charge on any atom is -0.384 e. The van der Waals surface area contributed by atoms with Crippen LogP contribution in [0.5, 0.6) is 0 Å². The Kier molecular flexibility index (Phi) is 4.63. The zero-order chi connectivity index (χ0) is 19.8. The summed E-state index contributed by atoms with van der Waals surface area (Å²) in [4.78, 5) is 24.8. The Morgan fingerprint density at radius 2 is 2.07 bits per heavy atom. The molecule has 1 aliphatic rings. The number of H-pyrrole nitrogens is 1. The highest BCUT2D eigenvalue weighted by Crippen LogP contribution is 2.32. The van der Waals surface area contributed by atoms with Gasteiger partial charge in [0.2, 0.25) is 5.82 Å². The summed E-state index contributed by atoms with van der Waals surface area (Å²) in [5.74, 6) is 0.285. The third-order valence-electron chi connectivity index (χ3n) is 5.40. The summed E-state index contributed by atoms with van der Waals surface area (Å²) >= 11 is 6.19. The first-order valence-corrected chi connectivity index (χ1v) is 10.1. The molecule has 4 heterocycles. The number of nitrogens with one attached hydrogen (secondary N) is 1. The Hall–Kier alpha value is -3.00. The monoisotopic (exact) mass is 410 g/mol. The maximum absolute atomic E-state index is 11.4. The standard InChI is InChI=1S/C20H19ClN6O2/c21-14-8-13(9-22-10-14)16-17-15(23-18(24-16)19-25-26-20(28)29-19)6-7-27(17)11-12-4-2-1-3-5-12/h6-10,12H,1-5,11H2,(H,26,28). The van der Waals surface area contributed by atoms with Crippen molar-refractivity contribution < 1.29 is 4.42 Å². The lowest BCUT2D eigenvalue weighted by atomic mass is 9.89. The van der Waals surface area contributed by atoms with Gasteiger partial charge in [0, 0.05) is 30.7 Å². The second-order valence-electron chi connectivity index (χ2n) is 7.41. The maximum atomic E-state index is 11.4. The van der Waals surface area contributed by atoms with Crippen LogP contribution in [0.2, 0.25) is 5.02 Å². The summed E-state index contributed by atoms with van der Waals surface area (Å²) in [6.07, 6.45) is 11.7. The van der Waals surface area contributed by atoms with E-state index in [4.69, 9.17) is 16.0 Å². The number of aromatic amines is 1. The van der Waals surface area contributed by atoms with E-state index in [0.717, 1.165) is 23.1 Å². The zero-order valence-electron chi connectivity index (χ0n) is 15.6. The van der Waals surface area contributed by atoms with Gasteiger partial charge in [-0.3, -0.25) is 4.98 Å². The van der Waals surface area contributed by atoms with Gasteiger partial charge in [-0.1, -0.05) is 30.9 Å². The number of hydrogen-bond acceptors (Lipinski definition) is 6. The van der Waals surface area contributed by atoms with E-state index in [2.05, 4.69) is 29.7 Å². The highest BCUT2D eigenvalue weighted by molar-refractivity contribution is 6.30. The topological polar surface area (TPSA) is 102 Å². The van der Waals surface area contributed by atoms with Gasteiger partial charge < -0.3 is 8.98 Å². The normalized spacial score (nSPS) is 15.2. The third-order valence-corrected chi connectivity index (χ3v) is 5.60. The smallest absolute Gasteiger partial charge is 0.384 e. The highest BCUT2D eigenvalue weighted by atomic mass is 35.5. The van der Waals surface area contributed by atoms with Crippen LogP contribution in [0.1, 0.15) is 32.1 Å². The molecule has 0 atom stereocenters. The molecule has 0 bridgehead atoms. The van der Waals surface area contributed by atoms with Crippen molar-refractivity contribution in [2.75, 3.05) is 0 Å². The van der Waals surface area contributed by atoms with Gasteiger partial charge in [0.1, 0.15) is 5.69 Å². The molecule has 0 aliphatic heterocycles. The molecule has 148 valence electrons. The SMILES string of the molecule is O=c1[nH]nc(-c2nc(-c3cncc(Cl)c3)c3c(ccn3CC3CCCCC3)n2)o1. The van der Waals surface area contributed by atoms with Gasteiger partial charge in [-0.2, -0.15) is 0 Å². The molecule has 1 saturated carbocycles. The molecule has 29 heavy (non-hydrogen) atoms. The van der Waals surface area contributed by atoms with E-state index in [1.807, 2.05) is 18.3 Å². The van der Waals surface area contributed by atoms with Gasteiger partial charge in [0.25, 0.3) is 5.89 Å². The number of hydrogen-bond donors (Lipinski definition) is 1. The summed E-state index contributed by atoms with van der Waals surface area (Å²) in [5, 5.41) is 6.64. The molecule has 1 N–H and O–H groups in total. The average molecular weight is 411 g/mol. The van der Waals surface area contributed by atoms with E-state index in [-0.39, 0.29) is 11.7 Å². The van der Waals surface area contributed by atoms with Crippen LogP contribution in [-0.4, -0.2) is 29.7 Å². The van der Waals surface area contributed by atoms with Crippen LogP contribution in [0.25, 0.3) is 34.0 Å². The summed E-state index contributed by atoms with van der Waals surface area (Å²) in [6.45, 7) is 0.921. The predicted octanol–water partition coefficient (Wildman–Crippen LogP) is 4.07. The van der Waals surface area contributed by atoms with Crippen molar-refractivity contribution in [3.8, 4) is 23.0 Å². The van der Waals surface area contributed by atoms with E-state index in [1.54, 1.807) is 12.4 Å². The van der Waals surface area contributed by atoms with Crippen molar-refractivity contribution >= 4 is 22.6 Å². The molecule has 0 radical (unpaired) electrons. The van der Waals surface area contributed by atoms with Crippen molar-refractivity contribution in [2.24, 2.45) is 5.92 Å². The van der Waals surface area contributed by atoms with E-state index < -0.39 is 5.76 Å². The van der Waals surface area contributed by atoms with Crippen molar-refractivity contribution in [3.63, 3.8) is 0 Å². The molecular formula is C20H19ClN6O2. The Labute approximate surface area is 171 Å². The van der Waals surface area contributed by atoms with Crippen LogP contribution in [0.15, 0.2) is 39.9 Å². The molecule has 1 aliphatic carbocycles. The minimum atomic E-state index is -0.649. The van der Waals surface area contributed by atoms with Gasteiger partial charge in [0.15, 0.2) is 0 Å². The van der Waals surface area contributed by atoms with Gasteiger partial charge in [-0.15, -0.1) is 5.10 Å². The lowest BCUT2D eigenvalue weighted by Gasteiger charge is -2.22. The number of halogens is 1. The Balaban J connectivity index is 1.67. The molecule has 5 rings (SSSR count). The second-order valence-corrected chi connectivity index (χ2v) is 7.85. The van der Waals surface area contributed by atoms with Crippen molar-refractivity contribution in [1.82, 2.24) is 29.7 Å². The molecule has 0 aromatic carbocycles. The summed E-state index contributed by atoms with van der Waals surface area (Å²) in [7, 11) is 0. The van der Waals surface area contributed by atoms with Gasteiger partial charge >= 0.3 is 5.76 Å². The minimum absolute atomic E-state index is 0.0492. The molecule has 0 spiro atoms. The third kappa shape index (κ3) is 3.55. The number of rotatable bonds is 4. The molecule has 1 fully saturated rings. The molecule has 0 unspecified atom stereocenters. The van der Waals surface area contributed by atoms with Crippen LogP contribution in [0.4, 0.5) is 0 Å². The molecule has 8 nitrogen and oxygen atoms in total. The Morgan fingerprint density at radius 1 is 1.21 bits per heavy atom. The first-order valence-electron chi connectivity index (χ1n) is 9.71. The summed E-state index contributed by atoms with van der Waals surface area (Å²) in [6, 6.07) is 3.77. The van der Waals surface area contributed by atoms with E-state index in [9.17, 15) is 4.79 Å². The lowest BCUT2D eigenvalue weighted by molar-refractivity contribution is 0.322. The van der Waals surface area contributed by atoms with Gasteiger partial charge in [0.05, 0.1) is 16.1 Å². The van der Waals surface area contributed by atoms with E-state index in [0.29, 0.717) is 16.6 Å². The quantitative estimate of drug-likeness (QED) is 0.544. The van der Waals surface area contributed by atoms with E-state index >= 15 is 0 Å². The first kappa shape index (κ1) is 18.1. The van der Waals surface area contributed by atoms with E-state index in [1.165, 1.54) is 32.1 Å². The number of aromatic nitrogens is 6. The highest BCUT2D eigenvalue weighted by Gasteiger charge is 2.20. The molecule has 0 saturated heterocycles. The van der Waals surface area contributed by atoms with Crippen LogP contribution < -0.4 is 5.76 Å². The Bertz CT molecular complexity index is 1220. The van der Waals surface area contributed by atoms with Gasteiger partial charge in [-0.25, -0.2) is 19.9 Å². The molecule has 9 heteroatoms. The molecule has 4 aromatic heterocycles. The Morgan fingerprint density at radius 3 is 2.83 bits per heavy atom. The average Bonchev–Trinajstić information content (AvgIpc) is 3.34. The summed E-state index contributed by atoms with van der Waals surface area (Å²) in [5.41, 5.74) is 3.13. The van der Waals surface area contributed by atoms with Crippen LogP contribution >= 0.6 is 11.6 Å². The lowest BCUT2D eigenvalue weighted by Crippen LogP contribution is -2.14. The largest absolute Gasteiger partial charge is 0.434 e. The molecule has 0 amide bonds. The van der Waals surface area contributed by atoms with Gasteiger partial charge in [-0.05, 0) is 30.9 Å². The fraction of sp³-hybridized carbons (Fsp3) is 0.350. The molecular weight excluding hydrogens is 392 g/mol. The van der Waals surface area contributed by atoms with Crippen molar-refractivity contribution in [1.29, 1.82) is 0 Å². The summed E-state index contributed by atoms with van der Waals surface area (Å²) < 4.78 is 7.28. The number of fused-ring (bicyclic) bond motifs is 1. The number of nitrogens with zero attached hydrogens (tertiary/aromatic N) is 5. The van der Waals surface area contributed by atoms with Crippen molar-refractivity contribution in [2.45, 2.75) is 38.6 Å². The van der Waals surface area contributed by atoms with Crippen LogP contribution in [-0.2, 0) is 6.54 Å². The fourth-order valence-electron chi connectivity index (χ4n) is 4.07. The predicted molar refractivity (Wildman–Crippen MR) is 108 cm³/mol. The van der Waals surface area contributed by atoms with Crippen LogP contribution in [0.3, 0.4) is 0 Å². The maximum Gasteiger partial charge on any atom is 0.434 e. The molecule has 4 aromatic rings. The van der Waals surface area contributed by atoms with Crippen molar-refractivity contribution in [3.05, 3.63) is 46.3 Å². The first-order chi connectivity index (χ1) is 14.2. The fourth-order valence-corrected chi connectivity index (χ4v) is 4.24. The number of pyridine rings is 1. The van der Waals surface area contributed by atoms with Crippen LogP contribution in [0, 0.1) is 5.92 Å². The second kappa shape index (κ2) is 7.44. The zero-order valence-corrected chi connectivity index (χ0v) is 16.4.